The number of nitrogens with zero attached hydrogens (tertiary/aromatic N) is 2. The SMILES string of the molecule is CN(C#N)/C=C\N. The van der Waals surface area contributed by atoms with Crippen LogP contribution in [-0.2, 0) is 0 Å². The van der Waals surface area contributed by atoms with E-state index in [4.69, 9.17) is 11.0 Å². The minimum absolute atomic E-state index is 1.31. The highest BCUT2D eigenvalue weighted by Gasteiger charge is 1.76. The van der Waals surface area contributed by atoms with Crippen LogP contribution in [-0.4, -0.2) is 11.9 Å². The molecule has 0 heterocycles. The molecular weight excluding hydrogens is 90.1 g/mol. The summed E-state index contributed by atoms with van der Waals surface area (Å²) < 4.78 is 0. The fraction of sp³-hybridized carbons (Fsp3) is 0.250. The molecule has 0 saturated heterocycles. The van der Waals surface area contributed by atoms with Crippen molar-refractivity contribution in [3.05, 3.63) is 12.4 Å². The predicted octanol–water partition coefficient (Wildman–Crippen LogP) is -0.171. The molecule has 0 aromatic carbocycles. The fourth-order valence-corrected chi connectivity index (χ4v) is 0.162. The van der Waals surface area contributed by atoms with Crippen LogP contribution in [0.1, 0.15) is 0 Å². The van der Waals surface area contributed by atoms with Gasteiger partial charge in [0.1, 0.15) is 0 Å². The normalized spacial score (nSPS) is 8.57. The molecule has 0 fully saturated rings. The Balaban J connectivity index is 3.42. The Labute approximate surface area is 42.6 Å². The van der Waals surface area contributed by atoms with E-state index in [1.54, 1.807) is 7.05 Å². The van der Waals surface area contributed by atoms with E-state index in [0.29, 0.717) is 0 Å². The van der Waals surface area contributed by atoms with Gasteiger partial charge in [0.25, 0.3) is 0 Å². The standard InChI is InChI=1S/C4H7N3/c1-7(4-6)3-2-5/h2-3H,5H2,1H3/b3-2-. The van der Waals surface area contributed by atoms with Crippen molar-refractivity contribution in [3.8, 4) is 6.19 Å². The molecule has 0 aromatic rings. The van der Waals surface area contributed by atoms with Gasteiger partial charge in [-0.3, -0.25) is 4.90 Å². The number of nitriles is 1. The maximum Gasteiger partial charge on any atom is 0.183 e. The lowest BCUT2D eigenvalue weighted by Crippen LogP contribution is -2.00. The number of hydrogen-bond donors (Lipinski definition) is 1. The Hall–Kier alpha value is -1.17. The first kappa shape index (κ1) is 5.83. The van der Waals surface area contributed by atoms with Crippen molar-refractivity contribution >= 4 is 0 Å². The third-order valence-corrected chi connectivity index (χ3v) is 0.467. The third kappa shape index (κ3) is 2.64. The zero-order valence-electron chi connectivity index (χ0n) is 4.13. The van der Waals surface area contributed by atoms with Gasteiger partial charge in [0, 0.05) is 19.4 Å². The van der Waals surface area contributed by atoms with Crippen molar-refractivity contribution in [2.45, 2.75) is 0 Å². The summed E-state index contributed by atoms with van der Waals surface area (Å²) in [5.41, 5.74) is 4.93. The van der Waals surface area contributed by atoms with E-state index >= 15 is 0 Å². The van der Waals surface area contributed by atoms with Gasteiger partial charge in [-0.05, 0) is 0 Å². The van der Waals surface area contributed by atoms with Crippen LogP contribution in [0.4, 0.5) is 0 Å². The maximum absolute atomic E-state index is 8.04. The molecule has 7 heavy (non-hydrogen) atoms. The van der Waals surface area contributed by atoms with Crippen LogP contribution in [0.15, 0.2) is 12.4 Å². The summed E-state index contributed by atoms with van der Waals surface area (Å²) in [4.78, 5) is 1.31. The van der Waals surface area contributed by atoms with E-state index in [1.165, 1.54) is 17.3 Å². The summed E-state index contributed by atoms with van der Waals surface area (Å²) >= 11 is 0. The summed E-state index contributed by atoms with van der Waals surface area (Å²) in [6.45, 7) is 0. The second-order valence-electron chi connectivity index (χ2n) is 1.05. The van der Waals surface area contributed by atoms with E-state index < -0.39 is 0 Å². The second-order valence-corrected chi connectivity index (χ2v) is 1.05. The molecule has 0 unspecified atom stereocenters. The van der Waals surface area contributed by atoms with E-state index in [-0.39, 0.29) is 0 Å². The molecule has 0 aliphatic carbocycles. The fourth-order valence-electron chi connectivity index (χ4n) is 0.162. The highest BCUT2D eigenvalue weighted by atomic mass is 15.1. The van der Waals surface area contributed by atoms with Crippen LogP contribution in [0.3, 0.4) is 0 Å². The van der Waals surface area contributed by atoms with Crippen molar-refractivity contribution in [2.24, 2.45) is 5.73 Å². The average molecular weight is 97.1 g/mol. The second kappa shape index (κ2) is 3.04. The van der Waals surface area contributed by atoms with E-state index in [2.05, 4.69) is 0 Å². The molecule has 3 nitrogen and oxygen atoms in total. The first-order valence-corrected chi connectivity index (χ1v) is 1.82. The summed E-state index contributed by atoms with van der Waals surface area (Å²) in [6, 6.07) is 0. The summed E-state index contributed by atoms with van der Waals surface area (Å²) in [5, 5.41) is 8.04. The molecule has 0 amide bonds. The highest BCUT2D eigenvalue weighted by Crippen LogP contribution is 1.73. The lowest BCUT2D eigenvalue weighted by Gasteiger charge is -1.94. The van der Waals surface area contributed by atoms with Crippen molar-refractivity contribution < 1.29 is 0 Å². The van der Waals surface area contributed by atoms with Crippen molar-refractivity contribution in [2.75, 3.05) is 7.05 Å². The summed E-state index contributed by atoms with van der Waals surface area (Å²) in [7, 11) is 1.61. The molecule has 38 valence electrons. The number of rotatable bonds is 1. The van der Waals surface area contributed by atoms with Crippen molar-refractivity contribution in [1.29, 1.82) is 5.26 Å². The van der Waals surface area contributed by atoms with Crippen molar-refractivity contribution in [3.63, 3.8) is 0 Å². The Morgan fingerprint density at radius 2 is 2.43 bits per heavy atom. The van der Waals surface area contributed by atoms with Gasteiger partial charge in [-0.25, -0.2) is 0 Å². The van der Waals surface area contributed by atoms with Gasteiger partial charge in [-0.15, -0.1) is 0 Å². The van der Waals surface area contributed by atoms with Gasteiger partial charge in [0.05, 0.1) is 0 Å². The maximum atomic E-state index is 8.04. The van der Waals surface area contributed by atoms with E-state index in [9.17, 15) is 0 Å². The lowest BCUT2D eigenvalue weighted by molar-refractivity contribution is 0.646. The quantitative estimate of drug-likeness (QED) is 0.365. The first-order valence-electron chi connectivity index (χ1n) is 1.82. The Kier molecular flexibility index (Phi) is 2.53. The topological polar surface area (TPSA) is 53.0 Å². The lowest BCUT2D eigenvalue weighted by atomic mass is 10.8. The van der Waals surface area contributed by atoms with Gasteiger partial charge >= 0.3 is 0 Å². The highest BCUT2D eigenvalue weighted by molar-refractivity contribution is 4.83. The molecule has 0 bridgehead atoms. The Bertz CT molecular complexity index is 100.0. The van der Waals surface area contributed by atoms with E-state index in [0.717, 1.165) is 0 Å². The Morgan fingerprint density at radius 3 is 2.57 bits per heavy atom. The number of hydrogen-bond acceptors (Lipinski definition) is 3. The van der Waals surface area contributed by atoms with Crippen LogP contribution in [0, 0.1) is 11.5 Å². The molecule has 0 atom stereocenters. The summed E-state index contributed by atoms with van der Waals surface area (Å²) in [5.74, 6) is 0. The molecule has 3 heteroatoms. The van der Waals surface area contributed by atoms with Crippen LogP contribution >= 0.6 is 0 Å². The monoisotopic (exact) mass is 97.1 g/mol. The smallest absolute Gasteiger partial charge is 0.183 e. The molecule has 0 spiro atoms. The van der Waals surface area contributed by atoms with Gasteiger partial charge in [-0.2, -0.15) is 5.26 Å². The molecule has 0 rings (SSSR count). The third-order valence-electron chi connectivity index (χ3n) is 0.467. The van der Waals surface area contributed by atoms with Crippen LogP contribution in [0.25, 0.3) is 0 Å². The Morgan fingerprint density at radius 1 is 1.86 bits per heavy atom. The largest absolute Gasteiger partial charge is 0.403 e. The van der Waals surface area contributed by atoms with Gasteiger partial charge in [0.15, 0.2) is 6.19 Å². The molecule has 0 radical (unpaired) electrons. The predicted molar refractivity (Wildman–Crippen MR) is 26.7 cm³/mol. The molecule has 0 aliphatic heterocycles. The van der Waals surface area contributed by atoms with Gasteiger partial charge < -0.3 is 5.73 Å². The van der Waals surface area contributed by atoms with Crippen molar-refractivity contribution in [1.82, 2.24) is 4.90 Å². The average Bonchev–Trinajstić information content (AvgIpc) is 1.68. The van der Waals surface area contributed by atoms with E-state index in [1.807, 2.05) is 6.19 Å². The summed E-state index contributed by atoms with van der Waals surface area (Å²) in [6.07, 6.45) is 4.61. The van der Waals surface area contributed by atoms with Crippen LogP contribution in [0.2, 0.25) is 0 Å². The molecular formula is C4H7N3. The molecule has 0 aliphatic rings. The molecule has 2 N–H and O–H groups in total. The van der Waals surface area contributed by atoms with Gasteiger partial charge in [0.2, 0.25) is 0 Å². The van der Waals surface area contributed by atoms with Gasteiger partial charge in [-0.1, -0.05) is 0 Å². The first-order chi connectivity index (χ1) is 3.31. The number of nitrogens with two attached hydrogens (primary N) is 1. The zero-order chi connectivity index (χ0) is 5.70. The molecule has 0 aromatic heterocycles. The minimum Gasteiger partial charge on any atom is -0.403 e. The zero-order valence-corrected chi connectivity index (χ0v) is 4.13. The molecule has 0 saturated carbocycles. The van der Waals surface area contributed by atoms with Crippen LogP contribution < -0.4 is 5.73 Å². The van der Waals surface area contributed by atoms with Crippen LogP contribution in [0.5, 0.6) is 0 Å². The minimum atomic E-state index is 1.31.